The van der Waals surface area contributed by atoms with E-state index in [1.54, 1.807) is 11.1 Å². The van der Waals surface area contributed by atoms with Crippen LogP contribution in [0.25, 0.3) is 0 Å². The van der Waals surface area contributed by atoms with Gasteiger partial charge in [0.25, 0.3) is 0 Å². The van der Waals surface area contributed by atoms with Gasteiger partial charge in [0.15, 0.2) is 0 Å². The van der Waals surface area contributed by atoms with Crippen molar-refractivity contribution < 1.29 is 0 Å². The van der Waals surface area contributed by atoms with Crippen molar-refractivity contribution in [2.24, 2.45) is 0 Å². The van der Waals surface area contributed by atoms with E-state index in [2.05, 4.69) is 53.7 Å². The predicted molar refractivity (Wildman–Crippen MR) is 87.2 cm³/mol. The van der Waals surface area contributed by atoms with Crippen molar-refractivity contribution in [2.45, 2.75) is 85.5 Å². The Morgan fingerprint density at radius 1 is 0.895 bits per heavy atom. The average Bonchev–Trinajstić information content (AvgIpc) is 2.37. The van der Waals surface area contributed by atoms with Crippen LogP contribution in [-0.2, 0) is 17.3 Å². The van der Waals surface area contributed by atoms with Crippen LogP contribution in [0.5, 0.6) is 0 Å². The molecule has 0 unspecified atom stereocenters. The Balaban J connectivity index is 0.000000861. The molecule has 0 radical (unpaired) electrons. The second-order valence-electron chi connectivity index (χ2n) is 6.95. The van der Waals surface area contributed by atoms with Gasteiger partial charge in [-0.25, -0.2) is 0 Å². The first-order valence-corrected chi connectivity index (χ1v) is 7.92. The van der Waals surface area contributed by atoms with E-state index in [1.165, 1.54) is 24.0 Å². The van der Waals surface area contributed by atoms with E-state index in [-0.39, 0.29) is 0 Å². The molecule has 0 aromatic heterocycles. The first kappa shape index (κ1) is 16.3. The molecular formula is C19H32. The molecule has 0 amide bonds. The van der Waals surface area contributed by atoms with E-state index < -0.39 is 0 Å². The lowest BCUT2D eigenvalue weighted by molar-refractivity contribution is 0.331. The highest BCUT2D eigenvalue weighted by Crippen LogP contribution is 2.46. The fourth-order valence-corrected chi connectivity index (χ4v) is 3.15. The SMILES string of the molecule is CC.CCc1cc2c(cc1C)C(C)(C)CCC2(C)C. The van der Waals surface area contributed by atoms with Crippen LogP contribution in [0.3, 0.4) is 0 Å². The van der Waals surface area contributed by atoms with Crippen molar-refractivity contribution in [2.75, 3.05) is 0 Å². The van der Waals surface area contributed by atoms with Crippen molar-refractivity contribution in [1.82, 2.24) is 0 Å². The molecule has 0 N–H and O–H groups in total. The Labute approximate surface area is 120 Å². The topological polar surface area (TPSA) is 0 Å². The zero-order valence-electron chi connectivity index (χ0n) is 14.3. The maximum Gasteiger partial charge on any atom is -0.0100 e. The van der Waals surface area contributed by atoms with Crippen LogP contribution in [0.2, 0.25) is 0 Å². The number of rotatable bonds is 1. The van der Waals surface area contributed by atoms with Gasteiger partial charge in [0.1, 0.15) is 0 Å². The van der Waals surface area contributed by atoms with Gasteiger partial charge >= 0.3 is 0 Å². The summed E-state index contributed by atoms with van der Waals surface area (Å²) in [5.41, 5.74) is 6.87. The monoisotopic (exact) mass is 260 g/mol. The van der Waals surface area contributed by atoms with Gasteiger partial charge < -0.3 is 0 Å². The Bertz CT molecular complexity index is 436. The van der Waals surface area contributed by atoms with Gasteiger partial charge in [-0.05, 0) is 59.3 Å². The first-order valence-electron chi connectivity index (χ1n) is 7.92. The Morgan fingerprint density at radius 3 is 1.74 bits per heavy atom. The van der Waals surface area contributed by atoms with Gasteiger partial charge in [0, 0.05) is 0 Å². The third kappa shape index (κ3) is 3.04. The number of benzene rings is 1. The first-order chi connectivity index (χ1) is 8.78. The Kier molecular flexibility index (Phi) is 4.87. The fraction of sp³-hybridized carbons (Fsp3) is 0.684. The third-order valence-electron chi connectivity index (χ3n) is 4.69. The number of hydrogen-bond donors (Lipinski definition) is 0. The standard InChI is InChI=1S/C17H26.C2H6/c1-7-13-11-15-14(10-12(13)2)16(3,4)8-9-17(15,5)6;1-2/h10-11H,7-9H2,1-6H3;1-2H3. The quantitative estimate of drug-likeness (QED) is 0.587. The largest absolute Gasteiger partial charge is 0.0683 e. The molecule has 0 saturated heterocycles. The molecule has 0 heteroatoms. The highest BCUT2D eigenvalue weighted by atomic mass is 14.4. The lowest BCUT2D eigenvalue weighted by Crippen LogP contribution is -2.34. The average molecular weight is 260 g/mol. The number of hydrogen-bond acceptors (Lipinski definition) is 0. The third-order valence-corrected chi connectivity index (χ3v) is 4.69. The molecule has 19 heavy (non-hydrogen) atoms. The summed E-state index contributed by atoms with van der Waals surface area (Å²) in [5, 5.41) is 0. The predicted octanol–water partition coefficient (Wildman–Crippen LogP) is 5.93. The van der Waals surface area contributed by atoms with Crippen molar-refractivity contribution >= 4 is 0 Å². The molecule has 0 spiro atoms. The molecule has 0 nitrogen and oxygen atoms in total. The summed E-state index contributed by atoms with van der Waals surface area (Å²) in [6.45, 7) is 18.1. The summed E-state index contributed by atoms with van der Waals surface area (Å²) in [5.74, 6) is 0. The van der Waals surface area contributed by atoms with Crippen LogP contribution in [0.15, 0.2) is 12.1 Å². The summed E-state index contributed by atoms with van der Waals surface area (Å²) < 4.78 is 0. The van der Waals surface area contributed by atoms with Crippen molar-refractivity contribution in [3.63, 3.8) is 0 Å². The van der Waals surface area contributed by atoms with Gasteiger partial charge in [-0.15, -0.1) is 0 Å². The van der Waals surface area contributed by atoms with E-state index in [0.29, 0.717) is 10.8 Å². The lowest BCUT2D eigenvalue weighted by atomic mass is 9.62. The highest BCUT2D eigenvalue weighted by Gasteiger charge is 2.37. The molecule has 0 heterocycles. The molecule has 108 valence electrons. The summed E-state index contributed by atoms with van der Waals surface area (Å²) in [6.07, 6.45) is 3.76. The normalized spacial score (nSPS) is 19.2. The molecule has 1 aromatic rings. The second-order valence-corrected chi connectivity index (χ2v) is 6.95. The van der Waals surface area contributed by atoms with Crippen molar-refractivity contribution in [1.29, 1.82) is 0 Å². The van der Waals surface area contributed by atoms with E-state index in [0.717, 1.165) is 6.42 Å². The highest BCUT2D eigenvalue weighted by molar-refractivity contribution is 5.46. The minimum absolute atomic E-state index is 0.349. The molecular weight excluding hydrogens is 228 g/mol. The molecule has 0 atom stereocenters. The number of aryl methyl sites for hydroxylation is 2. The molecule has 2 rings (SSSR count). The fourth-order valence-electron chi connectivity index (χ4n) is 3.15. The van der Waals surface area contributed by atoms with E-state index in [9.17, 15) is 0 Å². The molecule has 0 aliphatic heterocycles. The minimum atomic E-state index is 0.349. The lowest BCUT2D eigenvalue weighted by Gasteiger charge is -2.42. The summed E-state index contributed by atoms with van der Waals surface area (Å²) in [4.78, 5) is 0. The van der Waals surface area contributed by atoms with E-state index in [4.69, 9.17) is 0 Å². The van der Waals surface area contributed by atoms with Crippen molar-refractivity contribution in [3.05, 3.63) is 34.4 Å². The zero-order valence-corrected chi connectivity index (χ0v) is 14.3. The Morgan fingerprint density at radius 2 is 1.32 bits per heavy atom. The van der Waals surface area contributed by atoms with Crippen LogP contribution in [0.4, 0.5) is 0 Å². The second kappa shape index (κ2) is 5.69. The van der Waals surface area contributed by atoms with Gasteiger partial charge in [-0.1, -0.05) is 60.6 Å². The smallest absolute Gasteiger partial charge is 0.0100 e. The van der Waals surface area contributed by atoms with Gasteiger partial charge in [-0.2, -0.15) is 0 Å². The Hall–Kier alpha value is -0.780. The van der Waals surface area contributed by atoms with Crippen LogP contribution >= 0.6 is 0 Å². The van der Waals surface area contributed by atoms with Crippen LogP contribution in [0.1, 0.15) is 83.6 Å². The minimum Gasteiger partial charge on any atom is -0.0683 e. The van der Waals surface area contributed by atoms with Crippen LogP contribution in [-0.4, -0.2) is 0 Å². The summed E-state index contributed by atoms with van der Waals surface area (Å²) >= 11 is 0. The molecule has 0 bridgehead atoms. The zero-order chi connectivity index (χ0) is 14.8. The number of fused-ring (bicyclic) bond motifs is 1. The van der Waals surface area contributed by atoms with E-state index in [1.807, 2.05) is 13.8 Å². The summed E-state index contributed by atoms with van der Waals surface area (Å²) in [7, 11) is 0. The molecule has 1 aromatic carbocycles. The maximum atomic E-state index is 2.48. The van der Waals surface area contributed by atoms with Gasteiger partial charge in [0.05, 0.1) is 0 Å². The van der Waals surface area contributed by atoms with Crippen LogP contribution in [0, 0.1) is 6.92 Å². The van der Waals surface area contributed by atoms with Crippen molar-refractivity contribution in [3.8, 4) is 0 Å². The van der Waals surface area contributed by atoms with Gasteiger partial charge in [-0.3, -0.25) is 0 Å². The summed E-state index contributed by atoms with van der Waals surface area (Å²) in [6, 6.07) is 4.93. The van der Waals surface area contributed by atoms with E-state index >= 15 is 0 Å². The maximum absolute atomic E-state index is 2.48. The molecule has 0 fully saturated rings. The molecule has 1 aliphatic rings. The van der Waals surface area contributed by atoms with Gasteiger partial charge in [0.2, 0.25) is 0 Å². The molecule has 1 aliphatic carbocycles. The molecule has 0 saturated carbocycles. The van der Waals surface area contributed by atoms with Crippen LogP contribution < -0.4 is 0 Å².